The van der Waals surface area contributed by atoms with Crippen molar-refractivity contribution in [2.24, 2.45) is 0 Å². The molecule has 0 saturated carbocycles. The van der Waals surface area contributed by atoms with Crippen molar-refractivity contribution in [3.63, 3.8) is 0 Å². The number of nitrogens with zero attached hydrogens (tertiary/aromatic N) is 5. The summed E-state index contributed by atoms with van der Waals surface area (Å²) in [6, 6.07) is 2.03. The number of ether oxygens (including phenoxy) is 1. The third-order valence-electron chi connectivity index (χ3n) is 2.32. The molecule has 0 bridgehead atoms. The van der Waals surface area contributed by atoms with Gasteiger partial charge in [0.15, 0.2) is 0 Å². The van der Waals surface area contributed by atoms with Crippen LogP contribution in [-0.4, -0.2) is 37.9 Å². The second kappa shape index (κ2) is 7.09. The first kappa shape index (κ1) is 13.8. The smallest absolute Gasteiger partial charge is 0.323 e. The number of hydrogen-bond acceptors (Lipinski definition) is 6. The van der Waals surface area contributed by atoms with E-state index in [1.165, 1.54) is 0 Å². The molecule has 7 nitrogen and oxygen atoms in total. The van der Waals surface area contributed by atoms with Gasteiger partial charge in [0.25, 0.3) is 5.95 Å². The van der Waals surface area contributed by atoms with Crippen LogP contribution in [0.2, 0.25) is 0 Å². The van der Waals surface area contributed by atoms with Crippen LogP contribution < -0.4 is 10.1 Å². The highest BCUT2D eigenvalue weighted by Gasteiger charge is 2.09. The van der Waals surface area contributed by atoms with Gasteiger partial charge in [0.1, 0.15) is 6.61 Å². The van der Waals surface area contributed by atoms with Crippen molar-refractivity contribution in [1.29, 1.82) is 0 Å². The van der Waals surface area contributed by atoms with Gasteiger partial charge in [-0.1, -0.05) is 6.92 Å². The average Bonchev–Trinajstić information content (AvgIpc) is 2.99. The van der Waals surface area contributed by atoms with Gasteiger partial charge < -0.3 is 10.1 Å². The van der Waals surface area contributed by atoms with Crippen LogP contribution >= 0.6 is 0 Å². The molecule has 0 aliphatic rings. The molecule has 104 valence electrons. The van der Waals surface area contributed by atoms with Crippen LogP contribution in [0.15, 0.2) is 18.5 Å². The van der Waals surface area contributed by atoms with Gasteiger partial charge in [0.05, 0.1) is 0 Å². The summed E-state index contributed by atoms with van der Waals surface area (Å²) in [5, 5.41) is 7.20. The van der Waals surface area contributed by atoms with E-state index in [-0.39, 0.29) is 6.01 Å². The summed E-state index contributed by atoms with van der Waals surface area (Å²) in [4.78, 5) is 12.7. The standard InChI is InChI=1S/C13H16N6O/c1-3-5-10-20-13-17-11(14-7-4-2)16-12(18-13)19-9-6-8-15-19/h1,6,8-9H,4-5,7,10H2,2H3,(H,14,16,17,18). The van der Waals surface area contributed by atoms with E-state index in [2.05, 4.69) is 38.2 Å². The van der Waals surface area contributed by atoms with E-state index >= 15 is 0 Å². The molecule has 1 N–H and O–H groups in total. The maximum Gasteiger partial charge on any atom is 0.323 e. The van der Waals surface area contributed by atoms with Crippen LogP contribution in [0.25, 0.3) is 5.95 Å². The monoisotopic (exact) mass is 272 g/mol. The van der Waals surface area contributed by atoms with Gasteiger partial charge in [-0.15, -0.1) is 12.3 Å². The molecule has 20 heavy (non-hydrogen) atoms. The first-order chi connectivity index (χ1) is 9.83. The summed E-state index contributed by atoms with van der Waals surface area (Å²) in [6.07, 6.45) is 10.1. The van der Waals surface area contributed by atoms with Crippen molar-refractivity contribution in [3.8, 4) is 24.3 Å². The first-order valence-electron chi connectivity index (χ1n) is 6.39. The van der Waals surface area contributed by atoms with Crippen molar-refractivity contribution in [3.05, 3.63) is 18.5 Å². The molecule has 0 aliphatic carbocycles. The minimum Gasteiger partial charge on any atom is -0.462 e. The lowest BCUT2D eigenvalue weighted by atomic mass is 10.5. The van der Waals surface area contributed by atoms with E-state index < -0.39 is 0 Å². The molecule has 0 radical (unpaired) electrons. The normalized spacial score (nSPS) is 10.0. The maximum atomic E-state index is 5.42. The number of nitrogens with one attached hydrogen (secondary N) is 1. The van der Waals surface area contributed by atoms with E-state index in [1.54, 1.807) is 23.1 Å². The van der Waals surface area contributed by atoms with Gasteiger partial charge in [0.2, 0.25) is 5.95 Å². The molecule has 2 aromatic heterocycles. The molecule has 7 heteroatoms. The number of terminal acetylenes is 1. The van der Waals surface area contributed by atoms with Crippen LogP contribution in [0.4, 0.5) is 5.95 Å². The number of hydrogen-bond donors (Lipinski definition) is 1. The summed E-state index contributed by atoms with van der Waals surface area (Å²) in [6.45, 7) is 3.20. The van der Waals surface area contributed by atoms with E-state index in [0.29, 0.717) is 24.9 Å². The topological polar surface area (TPSA) is 77.8 Å². The molecule has 0 aromatic carbocycles. The Morgan fingerprint density at radius 2 is 2.30 bits per heavy atom. The quantitative estimate of drug-likeness (QED) is 0.604. The highest BCUT2D eigenvalue weighted by atomic mass is 16.5. The van der Waals surface area contributed by atoms with Gasteiger partial charge in [-0.3, -0.25) is 0 Å². The Morgan fingerprint density at radius 3 is 3.00 bits per heavy atom. The van der Waals surface area contributed by atoms with Gasteiger partial charge >= 0.3 is 6.01 Å². The largest absolute Gasteiger partial charge is 0.462 e. The number of anilines is 1. The van der Waals surface area contributed by atoms with Crippen molar-refractivity contribution >= 4 is 5.95 Å². The zero-order valence-corrected chi connectivity index (χ0v) is 11.3. The molecule has 0 spiro atoms. The molecule has 0 saturated heterocycles. The lowest BCUT2D eigenvalue weighted by Crippen LogP contribution is -2.12. The minimum absolute atomic E-state index is 0.236. The zero-order chi connectivity index (χ0) is 14.2. The van der Waals surface area contributed by atoms with Crippen LogP contribution in [0.5, 0.6) is 6.01 Å². The third-order valence-corrected chi connectivity index (χ3v) is 2.32. The van der Waals surface area contributed by atoms with Crippen molar-refractivity contribution in [2.45, 2.75) is 19.8 Å². The van der Waals surface area contributed by atoms with Crippen LogP contribution in [0.3, 0.4) is 0 Å². The Hall–Kier alpha value is -2.62. The number of aromatic nitrogens is 5. The molecule has 0 aliphatic heterocycles. The first-order valence-corrected chi connectivity index (χ1v) is 6.39. The lowest BCUT2D eigenvalue weighted by Gasteiger charge is -2.08. The fourth-order valence-corrected chi connectivity index (χ4v) is 1.42. The SMILES string of the molecule is C#CCCOc1nc(NCCC)nc(-n2cccn2)n1. The molecule has 0 unspecified atom stereocenters. The lowest BCUT2D eigenvalue weighted by molar-refractivity contribution is 0.299. The van der Waals surface area contributed by atoms with Gasteiger partial charge in [-0.25, -0.2) is 4.68 Å². The Kier molecular flexibility index (Phi) is 4.89. The highest BCUT2D eigenvalue weighted by molar-refractivity contribution is 5.29. The third kappa shape index (κ3) is 3.68. The summed E-state index contributed by atoms with van der Waals surface area (Å²) < 4.78 is 6.97. The predicted octanol–water partition coefficient (Wildman–Crippen LogP) is 1.28. The molecule has 2 heterocycles. The fourth-order valence-electron chi connectivity index (χ4n) is 1.42. The zero-order valence-electron chi connectivity index (χ0n) is 11.3. The van der Waals surface area contributed by atoms with Crippen LogP contribution in [0.1, 0.15) is 19.8 Å². The van der Waals surface area contributed by atoms with Crippen LogP contribution in [-0.2, 0) is 0 Å². The van der Waals surface area contributed by atoms with E-state index in [1.807, 2.05) is 0 Å². The average molecular weight is 272 g/mol. The van der Waals surface area contributed by atoms with Crippen molar-refractivity contribution in [2.75, 3.05) is 18.5 Å². The number of rotatable bonds is 7. The second-order valence-electron chi connectivity index (χ2n) is 3.92. The maximum absolute atomic E-state index is 5.42. The Balaban J connectivity index is 2.22. The summed E-state index contributed by atoms with van der Waals surface area (Å²) in [5.41, 5.74) is 0. The Morgan fingerprint density at radius 1 is 1.40 bits per heavy atom. The summed E-state index contributed by atoms with van der Waals surface area (Å²) >= 11 is 0. The van der Waals surface area contributed by atoms with Gasteiger partial charge in [-0.2, -0.15) is 20.1 Å². The molecule has 0 atom stereocenters. The summed E-state index contributed by atoms with van der Waals surface area (Å²) in [7, 11) is 0. The van der Waals surface area contributed by atoms with Crippen LogP contribution in [0, 0.1) is 12.3 Å². The summed E-state index contributed by atoms with van der Waals surface area (Å²) in [5.74, 6) is 3.36. The van der Waals surface area contributed by atoms with Crippen molar-refractivity contribution in [1.82, 2.24) is 24.7 Å². The highest BCUT2D eigenvalue weighted by Crippen LogP contribution is 2.10. The predicted molar refractivity (Wildman–Crippen MR) is 74.7 cm³/mol. The molecule has 0 fully saturated rings. The molecule has 2 rings (SSSR count). The molecule has 2 aromatic rings. The fraction of sp³-hybridized carbons (Fsp3) is 0.385. The minimum atomic E-state index is 0.236. The molecule has 0 amide bonds. The van der Waals surface area contributed by atoms with E-state index in [4.69, 9.17) is 11.2 Å². The van der Waals surface area contributed by atoms with Gasteiger partial charge in [-0.05, 0) is 12.5 Å². The molecular weight excluding hydrogens is 256 g/mol. The Bertz CT molecular complexity index is 575. The molecular formula is C13H16N6O. The Labute approximate surface area is 117 Å². The van der Waals surface area contributed by atoms with E-state index in [9.17, 15) is 0 Å². The second-order valence-corrected chi connectivity index (χ2v) is 3.92. The van der Waals surface area contributed by atoms with Crippen molar-refractivity contribution < 1.29 is 4.74 Å². The van der Waals surface area contributed by atoms with Gasteiger partial charge in [0, 0.05) is 25.4 Å². The van der Waals surface area contributed by atoms with E-state index in [0.717, 1.165) is 13.0 Å².